The molecule has 0 aromatic heterocycles. The Kier molecular flexibility index (Phi) is 2.14. The van der Waals surface area contributed by atoms with E-state index in [1.807, 2.05) is 6.07 Å². The molecule has 1 N–H and O–H groups in total. The van der Waals surface area contributed by atoms with Gasteiger partial charge in [-0.1, -0.05) is 12.1 Å². The fraction of sp³-hybridized carbons (Fsp3) is 0. The third-order valence-electron chi connectivity index (χ3n) is 2.08. The predicted molar refractivity (Wildman–Crippen MR) is 55.8 cm³/mol. The van der Waals surface area contributed by atoms with Crippen LogP contribution in [-0.2, 0) is 0 Å². The van der Waals surface area contributed by atoms with E-state index in [0.717, 1.165) is 5.39 Å². The highest BCUT2D eigenvalue weighted by Gasteiger charge is 2.04. The lowest BCUT2D eigenvalue weighted by Gasteiger charge is -2.01. The van der Waals surface area contributed by atoms with Crippen LogP contribution in [0, 0.1) is 0 Å². The van der Waals surface area contributed by atoms with Gasteiger partial charge in [-0.05, 0) is 41.3 Å². The number of halogens is 1. The fourth-order valence-corrected chi connectivity index (χ4v) is 1.51. The minimum Gasteiger partial charge on any atom is -0.507 e. The predicted octanol–water partition coefficient (Wildman–Crippen LogP) is 2.92. The van der Waals surface area contributed by atoms with Crippen LogP contribution in [0.25, 0.3) is 10.8 Å². The quantitative estimate of drug-likeness (QED) is 0.729. The Balaban J connectivity index is 2.73. The summed E-state index contributed by atoms with van der Waals surface area (Å²) in [6.07, 6.45) is 0. The molecule has 0 bridgehead atoms. The molecule has 0 aliphatic heterocycles. The summed E-state index contributed by atoms with van der Waals surface area (Å²) in [6.45, 7) is 0. The van der Waals surface area contributed by atoms with Gasteiger partial charge in [0.15, 0.2) is 0 Å². The van der Waals surface area contributed by atoms with Gasteiger partial charge in [0, 0.05) is 10.9 Å². The number of carbonyl (C=O) groups excluding carboxylic acids is 1. The van der Waals surface area contributed by atoms with Gasteiger partial charge in [0.2, 0.25) is 0 Å². The zero-order valence-corrected chi connectivity index (χ0v) is 7.95. The number of carbonyl (C=O) groups is 1. The van der Waals surface area contributed by atoms with Crippen LogP contribution in [-0.4, -0.2) is 10.3 Å². The molecule has 0 unspecified atom stereocenters. The van der Waals surface area contributed by atoms with Crippen LogP contribution in [0.4, 0.5) is 0 Å². The van der Waals surface area contributed by atoms with Crippen molar-refractivity contribution in [2.75, 3.05) is 0 Å². The lowest BCUT2D eigenvalue weighted by atomic mass is 10.1. The van der Waals surface area contributed by atoms with Crippen molar-refractivity contribution in [2.45, 2.75) is 0 Å². The number of fused-ring (bicyclic) bond motifs is 1. The standard InChI is InChI=1S/C11H7ClO2/c12-11(14)8-4-5-9-7(6-8)2-1-3-10(9)13/h1-6,13H. The van der Waals surface area contributed by atoms with Gasteiger partial charge >= 0.3 is 0 Å². The van der Waals surface area contributed by atoms with Gasteiger partial charge < -0.3 is 5.11 Å². The Morgan fingerprint density at radius 2 is 2.00 bits per heavy atom. The van der Waals surface area contributed by atoms with Gasteiger partial charge in [-0.3, -0.25) is 4.79 Å². The van der Waals surface area contributed by atoms with Crippen molar-refractivity contribution in [3.8, 4) is 5.75 Å². The van der Waals surface area contributed by atoms with Crippen molar-refractivity contribution in [3.63, 3.8) is 0 Å². The zero-order valence-electron chi connectivity index (χ0n) is 7.20. The maximum atomic E-state index is 10.9. The summed E-state index contributed by atoms with van der Waals surface area (Å²) < 4.78 is 0. The van der Waals surface area contributed by atoms with Crippen LogP contribution < -0.4 is 0 Å². The first-order chi connectivity index (χ1) is 6.68. The second-order valence-corrected chi connectivity index (χ2v) is 3.33. The van der Waals surface area contributed by atoms with Gasteiger partial charge in [0.1, 0.15) is 5.75 Å². The molecular formula is C11H7ClO2. The molecule has 0 aliphatic rings. The van der Waals surface area contributed by atoms with Gasteiger partial charge in [0.05, 0.1) is 0 Å². The molecule has 70 valence electrons. The van der Waals surface area contributed by atoms with E-state index in [9.17, 15) is 9.90 Å². The molecular weight excluding hydrogens is 200 g/mol. The van der Waals surface area contributed by atoms with E-state index in [4.69, 9.17) is 11.6 Å². The maximum absolute atomic E-state index is 10.9. The van der Waals surface area contributed by atoms with Crippen molar-refractivity contribution in [1.29, 1.82) is 0 Å². The lowest BCUT2D eigenvalue weighted by Crippen LogP contribution is -1.87. The Morgan fingerprint density at radius 3 is 2.71 bits per heavy atom. The van der Waals surface area contributed by atoms with Crippen molar-refractivity contribution >= 4 is 27.6 Å². The molecule has 3 heteroatoms. The summed E-state index contributed by atoms with van der Waals surface area (Å²) in [5.41, 5.74) is 0.435. The van der Waals surface area contributed by atoms with Crippen LogP contribution in [0.2, 0.25) is 0 Å². The number of phenols is 1. The maximum Gasteiger partial charge on any atom is 0.252 e. The smallest absolute Gasteiger partial charge is 0.252 e. The largest absolute Gasteiger partial charge is 0.507 e. The van der Waals surface area contributed by atoms with E-state index in [1.54, 1.807) is 30.3 Å². The lowest BCUT2D eigenvalue weighted by molar-refractivity contribution is 0.108. The molecule has 2 nitrogen and oxygen atoms in total. The van der Waals surface area contributed by atoms with Crippen molar-refractivity contribution in [2.24, 2.45) is 0 Å². The van der Waals surface area contributed by atoms with Crippen molar-refractivity contribution in [3.05, 3.63) is 42.0 Å². The second kappa shape index (κ2) is 3.31. The van der Waals surface area contributed by atoms with E-state index in [-0.39, 0.29) is 5.75 Å². The Morgan fingerprint density at radius 1 is 1.21 bits per heavy atom. The van der Waals surface area contributed by atoms with E-state index >= 15 is 0 Å². The van der Waals surface area contributed by atoms with Gasteiger partial charge in [-0.25, -0.2) is 0 Å². The first-order valence-electron chi connectivity index (χ1n) is 4.10. The molecule has 0 saturated carbocycles. The Labute approximate surface area is 85.7 Å². The second-order valence-electron chi connectivity index (χ2n) is 2.99. The summed E-state index contributed by atoms with van der Waals surface area (Å²) in [5, 5.41) is 10.5. The van der Waals surface area contributed by atoms with Crippen LogP contribution in [0.3, 0.4) is 0 Å². The van der Waals surface area contributed by atoms with E-state index in [2.05, 4.69) is 0 Å². The van der Waals surface area contributed by atoms with Crippen LogP contribution in [0.1, 0.15) is 10.4 Å². The molecule has 2 rings (SSSR count). The SMILES string of the molecule is O=C(Cl)c1ccc2c(O)cccc2c1. The molecule has 0 fully saturated rings. The van der Waals surface area contributed by atoms with Gasteiger partial charge in [-0.2, -0.15) is 0 Å². The van der Waals surface area contributed by atoms with Gasteiger partial charge in [0.25, 0.3) is 5.24 Å². The molecule has 0 spiro atoms. The number of hydrogen-bond acceptors (Lipinski definition) is 2. The number of phenolic OH excluding ortho intramolecular Hbond substituents is 1. The third kappa shape index (κ3) is 1.44. The Hall–Kier alpha value is -1.54. The van der Waals surface area contributed by atoms with Crippen molar-refractivity contribution in [1.82, 2.24) is 0 Å². The minimum absolute atomic E-state index is 0.205. The first-order valence-corrected chi connectivity index (χ1v) is 4.48. The molecule has 0 radical (unpaired) electrons. The molecule has 0 amide bonds. The average Bonchev–Trinajstić information content (AvgIpc) is 2.17. The number of benzene rings is 2. The zero-order chi connectivity index (χ0) is 10.1. The van der Waals surface area contributed by atoms with Gasteiger partial charge in [-0.15, -0.1) is 0 Å². The molecule has 14 heavy (non-hydrogen) atoms. The highest BCUT2D eigenvalue weighted by molar-refractivity contribution is 6.67. The summed E-state index contributed by atoms with van der Waals surface area (Å²) in [6, 6.07) is 10.1. The topological polar surface area (TPSA) is 37.3 Å². The average molecular weight is 207 g/mol. The summed E-state index contributed by atoms with van der Waals surface area (Å²) in [4.78, 5) is 10.9. The highest BCUT2D eigenvalue weighted by Crippen LogP contribution is 2.25. The van der Waals surface area contributed by atoms with Crippen molar-refractivity contribution < 1.29 is 9.90 Å². The summed E-state index contributed by atoms with van der Waals surface area (Å²) in [7, 11) is 0. The molecule has 0 atom stereocenters. The minimum atomic E-state index is -0.491. The molecule has 2 aromatic rings. The van der Waals surface area contributed by atoms with Crippen LogP contribution in [0.5, 0.6) is 5.75 Å². The number of aromatic hydroxyl groups is 1. The highest BCUT2D eigenvalue weighted by atomic mass is 35.5. The molecule has 0 heterocycles. The Bertz CT molecular complexity index is 506. The fourth-order valence-electron chi connectivity index (χ4n) is 1.39. The molecule has 0 saturated heterocycles. The molecule has 2 aromatic carbocycles. The van der Waals surface area contributed by atoms with E-state index < -0.39 is 5.24 Å². The van der Waals surface area contributed by atoms with E-state index in [1.165, 1.54) is 0 Å². The number of hydrogen-bond donors (Lipinski definition) is 1. The van der Waals surface area contributed by atoms with Crippen LogP contribution in [0.15, 0.2) is 36.4 Å². The first kappa shape index (κ1) is 9.03. The third-order valence-corrected chi connectivity index (χ3v) is 2.30. The normalized spacial score (nSPS) is 10.4. The summed E-state index contributed by atoms with van der Waals surface area (Å²) in [5.74, 6) is 0.205. The molecule has 0 aliphatic carbocycles. The monoisotopic (exact) mass is 206 g/mol. The van der Waals surface area contributed by atoms with E-state index in [0.29, 0.717) is 10.9 Å². The number of rotatable bonds is 1. The summed E-state index contributed by atoms with van der Waals surface area (Å²) >= 11 is 5.34. The van der Waals surface area contributed by atoms with Crippen LogP contribution >= 0.6 is 11.6 Å².